The smallest absolute Gasteiger partial charge is 0.269 e. The first-order chi connectivity index (χ1) is 9.54. The Morgan fingerprint density at radius 3 is 3.05 bits per heavy atom. The first kappa shape index (κ1) is 14.5. The molecular formula is C14H19N3O3. The topological polar surface area (TPSA) is 84.3 Å². The first-order valence-electron chi connectivity index (χ1n) is 6.80. The summed E-state index contributed by atoms with van der Waals surface area (Å²) < 4.78 is 0. The van der Waals surface area contributed by atoms with E-state index in [1.807, 2.05) is 0 Å². The fraction of sp³-hybridized carbons (Fsp3) is 0.500. The van der Waals surface area contributed by atoms with Crippen LogP contribution in [0.15, 0.2) is 24.3 Å². The molecule has 1 fully saturated rings. The molecule has 108 valence electrons. The van der Waals surface area contributed by atoms with Crippen LogP contribution in [0.2, 0.25) is 0 Å². The molecule has 2 atom stereocenters. The maximum absolute atomic E-state index is 12.0. The van der Waals surface area contributed by atoms with E-state index in [0.717, 1.165) is 19.4 Å². The van der Waals surface area contributed by atoms with Gasteiger partial charge in [0.2, 0.25) is 5.91 Å². The number of piperidine rings is 1. The van der Waals surface area contributed by atoms with Gasteiger partial charge in [0, 0.05) is 24.2 Å². The fourth-order valence-electron chi connectivity index (χ4n) is 2.51. The molecule has 0 bridgehead atoms. The highest BCUT2D eigenvalue weighted by molar-refractivity contribution is 5.79. The molecule has 0 aromatic heterocycles. The third-order valence-corrected chi connectivity index (χ3v) is 3.47. The number of carbonyl (C=O) groups is 1. The Labute approximate surface area is 117 Å². The van der Waals surface area contributed by atoms with E-state index in [2.05, 4.69) is 17.6 Å². The highest BCUT2D eigenvalue weighted by atomic mass is 16.6. The van der Waals surface area contributed by atoms with Crippen molar-refractivity contribution in [3.05, 3.63) is 39.9 Å². The summed E-state index contributed by atoms with van der Waals surface area (Å²) in [4.78, 5) is 22.2. The summed E-state index contributed by atoms with van der Waals surface area (Å²) in [6, 6.07) is 6.82. The standard InChI is InChI=1S/C14H19N3O3/c1-10-7-12(5-6-15-10)16-14(18)9-11-3-2-4-13(8-11)17(19)20/h2-4,8,10,12,15H,5-7,9H2,1H3,(H,16,18). The zero-order valence-electron chi connectivity index (χ0n) is 11.5. The number of nitro benzene ring substituents is 1. The quantitative estimate of drug-likeness (QED) is 0.643. The lowest BCUT2D eigenvalue weighted by Gasteiger charge is -2.28. The van der Waals surface area contributed by atoms with Gasteiger partial charge >= 0.3 is 0 Å². The van der Waals surface area contributed by atoms with Crippen molar-refractivity contribution in [2.24, 2.45) is 0 Å². The van der Waals surface area contributed by atoms with Crippen LogP contribution in [0.3, 0.4) is 0 Å². The van der Waals surface area contributed by atoms with E-state index in [-0.39, 0.29) is 24.1 Å². The highest BCUT2D eigenvalue weighted by Gasteiger charge is 2.20. The molecule has 1 heterocycles. The van der Waals surface area contributed by atoms with Gasteiger partial charge in [0.25, 0.3) is 5.69 Å². The summed E-state index contributed by atoms with van der Waals surface area (Å²) in [5.74, 6) is -0.0791. The molecule has 1 saturated heterocycles. The lowest BCUT2D eigenvalue weighted by atomic mass is 10.0. The van der Waals surface area contributed by atoms with E-state index in [1.54, 1.807) is 12.1 Å². The molecule has 1 aromatic rings. The lowest BCUT2D eigenvalue weighted by Crippen LogP contribution is -2.46. The van der Waals surface area contributed by atoms with Gasteiger partial charge in [-0.05, 0) is 31.9 Å². The maximum Gasteiger partial charge on any atom is 0.269 e. The van der Waals surface area contributed by atoms with Crippen LogP contribution in [0, 0.1) is 10.1 Å². The van der Waals surface area contributed by atoms with Crippen molar-refractivity contribution in [1.82, 2.24) is 10.6 Å². The molecule has 0 aliphatic carbocycles. The normalized spacial score (nSPS) is 22.2. The first-order valence-corrected chi connectivity index (χ1v) is 6.80. The van der Waals surface area contributed by atoms with E-state index in [0.29, 0.717) is 11.6 Å². The van der Waals surface area contributed by atoms with Crippen LogP contribution < -0.4 is 10.6 Å². The minimum Gasteiger partial charge on any atom is -0.353 e. The van der Waals surface area contributed by atoms with Gasteiger partial charge in [0.05, 0.1) is 11.3 Å². The molecule has 1 aliphatic rings. The van der Waals surface area contributed by atoms with Crippen molar-refractivity contribution in [2.45, 2.75) is 38.3 Å². The van der Waals surface area contributed by atoms with Crippen LogP contribution in [0.25, 0.3) is 0 Å². The van der Waals surface area contributed by atoms with Crippen LogP contribution >= 0.6 is 0 Å². The molecule has 6 nitrogen and oxygen atoms in total. The molecule has 1 amide bonds. The number of non-ortho nitro benzene ring substituents is 1. The van der Waals surface area contributed by atoms with Crippen molar-refractivity contribution in [2.75, 3.05) is 6.54 Å². The zero-order chi connectivity index (χ0) is 14.5. The lowest BCUT2D eigenvalue weighted by molar-refractivity contribution is -0.384. The fourth-order valence-corrected chi connectivity index (χ4v) is 2.51. The molecule has 1 aromatic carbocycles. The number of rotatable bonds is 4. The predicted molar refractivity (Wildman–Crippen MR) is 75.4 cm³/mol. The summed E-state index contributed by atoms with van der Waals surface area (Å²) in [6.45, 7) is 3.00. The van der Waals surface area contributed by atoms with Gasteiger partial charge in [-0.15, -0.1) is 0 Å². The van der Waals surface area contributed by atoms with Gasteiger partial charge in [-0.3, -0.25) is 14.9 Å². The Morgan fingerprint density at radius 2 is 2.35 bits per heavy atom. The van der Waals surface area contributed by atoms with Gasteiger partial charge < -0.3 is 10.6 Å². The number of nitrogens with one attached hydrogen (secondary N) is 2. The number of amides is 1. The van der Waals surface area contributed by atoms with Crippen molar-refractivity contribution < 1.29 is 9.72 Å². The number of benzene rings is 1. The van der Waals surface area contributed by atoms with Gasteiger partial charge in [-0.1, -0.05) is 12.1 Å². The summed E-state index contributed by atoms with van der Waals surface area (Å²) in [5.41, 5.74) is 0.685. The SMILES string of the molecule is CC1CC(NC(=O)Cc2cccc([N+](=O)[O-])c2)CCN1. The number of carbonyl (C=O) groups excluding carboxylic acids is 1. The largest absolute Gasteiger partial charge is 0.353 e. The minimum absolute atomic E-state index is 0.0192. The molecule has 2 N–H and O–H groups in total. The molecule has 6 heteroatoms. The number of hydrogen-bond donors (Lipinski definition) is 2. The number of hydrogen-bond acceptors (Lipinski definition) is 4. The van der Waals surface area contributed by atoms with Crippen molar-refractivity contribution in [3.63, 3.8) is 0 Å². The van der Waals surface area contributed by atoms with E-state index in [9.17, 15) is 14.9 Å². The van der Waals surface area contributed by atoms with Crippen LogP contribution in [-0.4, -0.2) is 29.5 Å². The minimum atomic E-state index is -0.449. The van der Waals surface area contributed by atoms with E-state index in [4.69, 9.17) is 0 Å². The van der Waals surface area contributed by atoms with Gasteiger partial charge in [0.15, 0.2) is 0 Å². The number of nitrogens with zero attached hydrogens (tertiary/aromatic N) is 1. The van der Waals surface area contributed by atoms with Crippen LogP contribution in [0.1, 0.15) is 25.3 Å². The molecule has 0 spiro atoms. The van der Waals surface area contributed by atoms with E-state index < -0.39 is 4.92 Å². The van der Waals surface area contributed by atoms with Crippen molar-refractivity contribution >= 4 is 11.6 Å². The Hall–Kier alpha value is -1.95. The molecule has 20 heavy (non-hydrogen) atoms. The summed E-state index contributed by atoms with van der Waals surface area (Å²) >= 11 is 0. The van der Waals surface area contributed by atoms with Gasteiger partial charge in [0.1, 0.15) is 0 Å². The Balaban J connectivity index is 1.91. The predicted octanol–water partition coefficient (Wildman–Crippen LogP) is 1.39. The van der Waals surface area contributed by atoms with E-state index >= 15 is 0 Å². The average molecular weight is 277 g/mol. The van der Waals surface area contributed by atoms with Gasteiger partial charge in [-0.2, -0.15) is 0 Å². The van der Waals surface area contributed by atoms with Crippen molar-refractivity contribution in [1.29, 1.82) is 0 Å². The summed E-state index contributed by atoms with van der Waals surface area (Å²) in [6.07, 6.45) is 2.02. The molecular weight excluding hydrogens is 258 g/mol. The Morgan fingerprint density at radius 1 is 1.55 bits per heavy atom. The monoisotopic (exact) mass is 277 g/mol. The van der Waals surface area contributed by atoms with Crippen LogP contribution in [-0.2, 0) is 11.2 Å². The number of nitro groups is 1. The zero-order valence-corrected chi connectivity index (χ0v) is 11.5. The highest BCUT2D eigenvalue weighted by Crippen LogP contribution is 2.14. The van der Waals surface area contributed by atoms with Gasteiger partial charge in [-0.25, -0.2) is 0 Å². The molecule has 1 aliphatic heterocycles. The average Bonchev–Trinajstić information content (AvgIpc) is 2.38. The summed E-state index contributed by atoms with van der Waals surface area (Å²) in [5, 5.41) is 17.0. The second-order valence-electron chi connectivity index (χ2n) is 5.25. The molecule has 2 rings (SSSR count). The van der Waals surface area contributed by atoms with Crippen LogP contribution in [0.5, 0.6) is 0 Å². The van der Waals surface area contributed by atoms with E-state index in [1.165, 1.54) is 12.1 Å². The molecule has 0 saturated carbocycles. The van der Waals surface area contributed by atoms with Crippen molar-refractivity contribution in [3.8, 4) is 0 Å². The molecule has 2 unspecified atom stereocenters. The second-order valence-corrected chi connectivity index (χ2v) is 5.25. The summed E-state index contributed by atoms with van der Waals surface area (Å²) in [7, 11) is 0. The third kappa shape index (κ3) is 4.03. The van der Waals surface area contributed by atoms with Crippen LogP contribution in [0.4, 0.5) is 5.69 Å². The Bertz CT molecular complexity index is 504. The molecule has 0 radical (unpaired) electrons. The second kappa shape index (κ2) is 6.47. The third-order valence-electron chi connectivity index (χ3n) is 3.47. The maximum atomic E-state index is 12.0. The Kier molecular flexibility index (Phi) is 4.68.